The van der Waals surface area contributed by atoms with Gasteiger partial charge >= 0.3 is 0 Å². The molecule has 2 aromatic rings. The van der Waals surface area contributed by atoms with E-state index < -0.39 is 5.91 Å². The summed E-state index contributed by atoms with van der Waals surface area (Å²) in [7, 11) is 3.06. The molecule has 2 aliphatic heterocycles. The fraction of sp³-hybridized carbons (Fsp3) is 0.333. The van der Waals surface area contributed by atoms with Gasteiger partial charge in [0, 0.05) is 25.7 Å². The lowest BCUT2D eigenvalue weighted by molar-refractivity contribution is -0.140. The number of imide groups is 1. The number of halogens is 1. The van der Waals surface area contributed by atoms with Crippen LogP contribution in [0, 0.1) is 0 Å². The molecule has 0 unspecified atom stereocenters. The van der Waals surface area contributed by atoms with Gasteiger partial charge in [0.2, 0.25) is 0 Å². The fourth-order valence-electron chi connectivity index (χ4n) is 4.27. The first kappa shape index (κ1) is 21.4. The van der Waals surface area contributed by atoms with E-state index in [1.54, 1.807) is 25.3 Å². The molecule has 0 bridgehead atoms. The molecule has 162 valence electrons. The van der Waals surface area contributed by atoms with Crippen LogP contribution in [0.1, 0.15) is 24.0 Å². The van der Waals surface area contributed by atoms with Gasteiger partial charge in [-0.1, -0.05) is 48.0 Å². The van der Waals surface area contributed by atoms with Crippen molar-refractivity contribution in [2.45, 2.75) is 25.4 Å². The van der Waals surface area contributed by atoms with Crippen molar-refractivity contribution in [3.63, 3.8) is 0 Å². The lowest BCUT2D eigenvalue weighted by atomic mass is 10.0. The number of carbonyl (C=O) groups is 2. The zero-order chi connectivity index (χ0) is 22.0. The lowest BCUT2D eigenvalue weighted by Crippen LogP contribution is -2.47. The normalized spacial score (nSPS) is 18.1. The smallest absolute Gasteiger partial charge is 0.273 e. The van der Waals surface area contributed by atoms with Crippen molar-refractivity contribution < 1.29 is 19.1 Å². The van der Waals surface area contributed by atoms with E-state index in [1.165, 1.54) is 17.6 Å². The van der Waals surface area contributed by atoms with Gasteiger partial charge in [-0.2, -0.15) is 0 Å². The third-order valence-electron chi connectivity index (χ3n) is 5.90. The van der Waals surface area contributed by atoms with Gasteiger partial charge < -0.3 is 9.47 Å². The standard InChI is InChI=1S/C24H25ClN2O4/c1-30-19-9-8-17(14-20(19)31-2)21-22(25)24(29)27(23(21)28)18-10-12-26(13-11-18)15-16-6-4-3-5-7-16/h3-9,14,18H,10-13,15H2,1-2H3. The minimum atomic E-state index is -0.419. The Labute approximate surface area is 187 Å². The monoisotopic (exact) mass is 440 g/mol. The first-order valence-electron chi connectivity index (χ1n) is 10.3. The van der Waals surface area contributed by atoms with Crippen LogP contribution in [0.25, 0.3) is 5.57 Å². The number of methoxy groups -OCH3 is 2. The number of nitrogens with zero attached hydrogens (tertiary/aromatic N) is 2. The summed E-state index contributed by atoms with van der Waals surface area (Å²) in [6, 6.07) is 15.2. The highest BCUT2D eigenvalue weighted by molar-refractivity contribution is 6.55. The molecule has 0 N–H and O–H groups in total. The van der Waals surface area contributed by atoms with Gasteiger partial charge in [0.05, 0.1) is 19.8 Å². The Morgan fingerprint density at radius 3 is 2.26 bits per heavy atom. The van der Waals surface area contributed by atoms with Gasteiger partial charge in [0.25, 0.3) is 11.8 Å². The van der Waals surface area contributed by atoms with E-state index in [1.807, 2.05) is 18.2 Å². The van der Waals surface area contributed by atoms with E-state index in [9.17, 15) is 9.59 Å². The first-order valence-corrected chi connectivity index (χ1v) is 10.7. The molecule has 2 amide bonds. The van der Waals surface area contributed by atoms with Crippen LogP contribution in [0.5, 0.6) is 11.5 Å². The second kappa shape index (κ2) is 9.12. The molecule has 0 atom stereocenters. The predicted molar refractivity (Wildman–Crippen MR) is 119 cm³/mol. The summed E-state index contributed by atoms with van der Waals surface area (Å²) in [6.07, 6.45) is 1.46. The average Bonchev–Trinajstić information content (AvgIpc) is 3.02. The van der Waals surface area contributed by atoms with Crippen molar-refractivity contribution in [3.05, 3.63) is 64.7 Å². The molecule has 2 aliphatic rings. The third-order valence-corrected chi connectivity index (χ3v) is 6.25. The fourth-order valence-corrected chi connectivity index (χ4v) is 4.55. The number of carbonyl (C=O) groups excluding carboxylic acids is 2. The van der Waals surface area contributed by atoms with Gasteiger partial charge in [-0.05, 0) is 36.1 Å². The van der Waals surface area contributed by atoms with E-state index >= 15 is 0 Å². The second-order valence-corrected chi connectivity index (χ2v) is 8.11. The molecule has 0 aliphatic carbocycles. The number of amides is 2. The number of piperidine rings is 1. The molecule has 6 nitrogen and oxygen atoms in total. The van der Waals surface area contributed by atoms with Gasteiger partial charge in [0.1, 0.15) is 5.03 Å². The van der Waals surface area contributed by atoms with E-state index in [0.717, 1.165) is 32.5 Å². The van der Waals surface area contributed by atoms with Crippen molar-refractivity contribution in [2.24, 2.45) is 0 Å². The average molecular weight is 441 g/mol. The van der Waals surface area contributed by atoms with Crippen LogP contribution in [0.15, 0.2) is 53.6 Å². The Morgan fingerprint density at radius 1 is 0.935 bits per heavy atom. The number of likely N-dealkylation sites (tertiary alicyclic amines) is 1. The Morgan fingerprint density at radius 2 is 1.61 bits per heavy atom. The molecule has 2 aromatic carbocycles. The number of hydrogen-bond donors (Lipinski definition) is 0. The number of hydrogen-bond acceptors (Lipinski definition) is 5. The molecule has 1 fully saturated rings. The highest BCUT2D eigenvalue weighted by Gasteiger charge is 2.43. The van der Waals surface area contributed by atoms with Gasteiger partial charge in [0.15, 0.2) is 11.5 Å². The molecular formula is C24H25ClN2O4. The summed E-state index contributed by atoms with van der Waals surface area (Å²) in [5, 5.41) is -0.0380. The molecule has 0 radical (unpaired) electrons. The zero-order valence-corrected chi connectivity index (χ0v) is 18.4. The molecule has 0 spiro atoms. The Balaban J connectivity index is 1.47. The summed E-state index contributed by atoms with van der Waals surface area (Å²) >= 11 is 6.36. The van der Waals surface area contributed by atoms with Crippen molar-refractivity contribution in [3.8, 4) is 11.5 Å². The molecule has 31 heavy (non-hydrogen) atoms. The first-order chi connectivity index (χ1) is 15.0. The molecule has 1 saturated heterocycles. The lowest BCUT2D eigenvalue weighted by Gasteiger charge is -2.36. The van der Waals surface area contributed by atoms with E-state index in [2.05, 4.69) is 17.0 Å². The van der Waals surface area contributed by atoms with E-state index in [4.69, 9.17) is 21.1 Å². The minimum absolute atomic E-state index is 0.0380. The minimum Gasteiger partial charge on any atom is -0.493 e. The summed E-state index contributed by atoms with van der Waals surface area (Å²) in [5.41, 5.74) is 2.03. The Hall–Kier alpha value is -2.83. The topological polar surface area (TPSA) is 59.1 Å². The third kappa shape index (κ3) is 4.18. The van der Waals surface area contributed by atoms with Crippen molar-refractivity contribution in [1.82, 2.24) is 9.80 Å². The summed E-state index contributed by atoms with van der Waals surface area (Å²) in [4.78, 5) is 29.8. The quantitative estimate of drug-likeness (QED) is 0.641. The zero-order valence-electron chi connectivity index (χ0n) is 17.6. The Kier molecular flexibility index (Phi) is 6.30. The molecule has 4 rings (SSSR count). The molecule has 0 saturated carbocycles. The van der Waals surface area contributed by atoms with Crippen LogP contribution >= 0.6 is 11.6 Å². The predicted octanol–water partition coefficient (Wildman–Crippen LogP) is 3.69. The van der Waals surface area contributed by atoms with Crippen LogP contribution in [-0.2, 0) is 16.1 Å². The van der Waals surface area contributed by atoms with Crippen LogP contribution < -0.4 is 9.47 Å². The summed E-state index contributed by atoms with van der Waals surface area (Å²) in [6.45, 7) is 2.51. The van der Waals surface area contributed by atoms with Gasteiger partial charge in [-0.25, -0.2) is 0 Å². The van der Waals surface area contributed by atoms with Gasteiger partial charge in [-0.3, -0.25) is 19.4 Å². The molecule has 0 aromatic heterocycles. The molecule has 2 heterocycles. The van der Waals surface area contributed by atoms with E-state index in [0.29, 0.717) is 17.1 Å². The highest BCUT2D eigenvalue weighted by atomic mass is 35.5. The highest BCUT2D eigenvalue weighted by Crippen LogP contribution is 2.38. The van der Waals surface area contributed by atoms with Crippen molar-refractivity contribution in [2.75, 3.05) is 27.3 Å². The number of ether oxygens (including phenoxy) is 2. The number of rotatable bonds is 6. The summed E-state index contributed by atoms with van der Waals surface area (Å²) < 4.78 is 10.6. The SMILES string of the molecule is COc1ccc(C2=C(Cl)C(=O)N(C3CCN(Cc4ccccc4)CC3)C2=O)cc1OC. The Bertz CT molecular complexity index is 1010. The largest absolute Gasteiger partial charge is 0.493 e. The van der Waals surface area contributed by atoms with Crippen molar-refractivity contribution >= 4 is 29.0 Å². The van der Waals surface area contributed by atoms with E-state index in [-0.39, 0.29) is 22.6 Å². The number of benzene rings is 2. The summed E-state index contributed by atoms with van der Waals surface area (Å²) in [5.74, 6) is 0.258. The maximum atomic E-state index is 13.2. The second-order valence-electron chi connectivity index (χ2n) is 7.73. The van der Waals surface area contributed by atoms with Crippen LogP contribution in [-0.4, -0.2) is 55.0 Å². The van der Waals surface area contributed by atoms with Crippen LogP contribution in [0.3, 0.4) is 0 Å². The van der Waals surface area contributed by atoms with Crippen LogP contribution in [0.4, 0.5) is 0 Å². The maximum Gasteiger partial charge on any atom is 0.273 e. The van der Waals surface area contributed by atoms with Crippen LogP contribution in [0.2, 0.25) is 0 Å². The van der Waals surface area contributed by atoms with Gasteiger partial charge in [-0.15, -0.1) is 0 Å². The van der Waals surface area contributed by atoms with Crippen molar-refractivity contribution in [1.29, 1.82) is 0 Å². The molecular weight excluding hydrogens is 416 g/mol. The maximum absolute atomic E-state index is 13.2. The molecule has 7 heteroatoms.